The molecule has 3 aliphatic carbocycles. The van der Waals surface area contributed by atoms with Crippen LogP contribution in [0.4, 0.5) is 4.39 Å². The molecule has 168 valence electrons. The molecule has 0 saturated carbocycles. The van der Waals surface area contributed by atoms with Gasteiger partial charge in [0.2, 0.25) is 0 Å². The van der Waals surface area contributed by atoms with Crippen LogP contribution in [-0.4, -0.2) is 30.7 Å². The lowest BCUT2D eigenvalue weighted by molar-refractivity contribution is -0.468. The Morgan fingerprint density at radius 1 is 1.25 bits per heavy atom. The Kier molecular flexibility index (Phi) is 7.79. The van der Waals surface area contributed by atoms with E-state index < -0.39 is 0 Å². The van der Waals surface area contributed by atoms with Gasteiger partial charge in [-0.3, -0.25) is 0 Å². The second-order valence-electron chi connectivity index (χ2n) is 8.45. The third-order valence-corrected chi connectivity index (χ3v) is 6.28. The second-order valence-corrected chi connectivity index (χ2v) is 8.45. The SMILES string of the molecule is C=C(N=C1C(OC)=CC(C2CC=CC(F)=C2C)=CC1=C(C)[N+](=C)CCC)C1C=CC=CC1. The molecule has 0 aromatic heterocycles. The zero-order chi connectivity index (χ0) is 23.3. The molecule has 0 aliphatic heterocycles. The van der Waals surface area contributed by atoms with E-state index in [9.17, 15) is 4.39 Å². The summed E-state index contributed by atoms with van der Waals surface area (Å²) in [6, 6.07) is 0. The highest BCUT2D eigenvalue weighted by Gasteiger charge is 2.29. The molecule has 0 amide bonds. The summed E-state index contributed by atoms with van der Waals surface area (Å²) in [7, 11) is 1.65. The number of allylic oxidation sites excluding steroid dienone is 13. The number of methoxy groups -OCH3 is 1. The van der Waals surface area contributed by atoms with Gasteiger partial charge in [0, 0.05) is 30.9 Å². The van der Waals surface area contributed by atoms with E-state index in [1.807, 2.05) is 35.8 Å². The van der Waals surface area contributed by atoms with E-state index in [-0.39, 0.29) is 17.7 Å². The van der Waals surface area contributed by atoms with Gasteiger partial charge in [0.1, 0.15) is 30.6 Å². The Bertz CT molecular complexity index is 1040. The van der Waals surface area contributed by atoms with E-state index in [1.54, 1.807) is 13.2 Å². The van der Waals surface area contributed by atoms with Crippen LogP contribution in [-0.2, 0) is 4.74 Å². The number of hydrogen-bond acceptors (Lipinski definition) is 2. The lowest BCUT2D eigenvalue weighted by Crippen LogP contribution is -2.21. The Morgan fingerprint density at radius 2 is 2.03 bits per heavy atom. The maximum absolute atomic E-state index is 14.3. The largest absolute Gasteiger partial charge is 0.494 e. The lowest BCUT2D eigenvalue weighted by Gasteiger charge is -2.26. The molecular formula is C28H34FN2O+. The van der Waals surface area contributed by atoms with Crippen LogP contribution in [0, 0.1) is 11.8 Å². The average molecular weight is 434 g/mol. The van der Waals surface area contributed by atoms with E-state index in [4.69, 9.17) is 9.73 Å². The zero-order valence-electron chi connectivity index (χ0n) is 19.7. The van der Waals surface area contributed by atoms with Crippen LogP contribution in [0.25, 0.3) is 0 Å². The van der Waals surface area contributed by atoms with Crippen molar-refractivity contribution in [2.24, 2.45) is 16.8 Å². The van der Waals surface area contributed by atoms with Gasteiger partial charge in [-0.15, -0.1) is 0 Å². The normalized spacial score (nSPS) is 25.6. The number of hydrogen-bond donors (Lipinski definition) is 0. The summed E-state index contributed by atoms with van der Waals surface area (Å²) in [6.45, 7) is 15.4. The minimum absolute atomic E-state index is 0.0337. The molecule has 0 fully saturated rings. The van der Waals surface area contributed by atoms with Crippen LogP contribution < -0.4 is 0 Å². The number of ether oxygens (including phenoxy) is 1. The van der Waals surface area contributed by atoms with Crippen LogP contribution in [0.3, 0.4) is 0 Å². The van der Waals surface area contributed by atoms with Crippen molar-refractivity contribution in [2.45, 2.75) is 40.0 Å². The highest BCUT2D eigenvalue weighted by molar-refractivity contribution is 6.15. The first kappa shape index (κ1) is 23.6. The predicted molar refractivity (Wildman–Crippen MR) is 132 cm³/mol. The van der Waals surface area contributed by atoms with E-state index >= 15 is 0 Å². The predicted octanol–water partition coefficient (Wildman–Crippen LogP) is 6.76. The molecule has 0 N–H and O–H groups in total. The van der Waals surface area contributed by atoms with Crippen molar-refractivity contribution in [3.05, 3.63) is 94.9 Å². The zero-order valence-corrected chi connectivity index (χ0v) is 19.7. The van der Waals surface area contributed by atoms with Gasteiger partial charge in [-0.25, -0.2) is 14.0 Å². The number of halogens is 1. The summed E-state index contributed by atoms with van der Waals surface area (Å²) in [5.41, 5.74) is 5.25. The first-order valence-corrected chi connectivity index (χ1v) is 11.3. The maximum Gasteiger partial charge on any atom is 0.187 e. The molecule has 4 heteroatoms. The standard InChI is InChI=1S/C28H34FN2O/c1-7-16-31(5)21(4)25-17-23(24-14-11-15-26(29)19(24)2)18-27(32-6)28(25)30-20(3)22-12-9-8-10-13-22/h8-12,15,17-18,22,24H,3,5,7,13-14,16H2,1-2,4,6H3/q+1. The molecule has 0 aromatic carbocycles. The molecule has 2 atom stereocenters. The summed E-state index contributed by atoms with van der Waals surface area (Å²) >= 11 is 0. The molecular weight excluding hydrogens is 399 g/mol. The van der Waals surface area contributed by atoms with Crippen molar-refractivity contribution in [2.75, 3.05) is 13.7 Å². The second kappa shape index (κ2) is 10.5. The van der Waals surface area contributed by atoms with Crippen LogP contribution in [0.5, 0.6) is 0 Å². The number of aliphatic imine (C=N–C) groups is 1. The average Bonchev–Trinajstić information content (AvgIpc) is 2.81. The molecule has 0 heterocycles. The van der Waals surface area contributed by atoms with Crippen molar-refractivity contribution in [3.8, 4) is 0 Å². The first-order valence-electron chi connectivity index (χ1n) is 11.3. The van der Waals surface area contributed by atoms with Gasteiger partial charge in [0.25, 0.3) is 0 Å². The van der Waals surface area contributed by atoms with Gasteiger partial charge in [0.15, 0.2) is 5.70 Å². The van der Waals surface area contributed by atoms with Crippen LogP contribution in [0.2, 0.25) is 0 Å². The van der Waals surface area contributed by atoms with E-state index in [2.05, 4.69) is 45.4 Å². The molecule has 0 bridgehead atoms. The monoisotopic (exact) mass is 433 g/mol. The van der Waals surface area contributed by atoms with Crippen LogP contribution in [0.15, 0.2) is 99.9 Å². The summed E-state index contributed by atoms with van der Waals surface area (Å²) < 4.78 is 22.1. The third-order valence-electron chi connectivity index (χ3n) is 6.28. The Hall–Kier alpha value is -3.01. The van der Waals surface area contributed by atoms with Crippen molar-refractivity contribution in [1.29, 1.82) is 0 Å². The smallest absolute Gasteiger partial charge is 0.187 e. The fourth-order valence-electron chi connectivity index (χ4n) is 4.21. The van der Waals surface area contributed by atoms with Crippen LogP contribution >= 0.6 is 0 Å². The van der Waals surface area contributed by atoms with Crippen molar-refractivity contribution in [1.82, 2.24) is 0 Å². The minimum Gasteiger partial charge on any atom is -0.494 e. The van der Waals surface area contributed by atoms with E-state index in [1.165, 1.54) is 0 Å². The molecule has 0 spiro atoms. The third kappa shape index (κ3) is 5.07. The first-order chi connectivity index (χ1) is 15.4. The van der Waals surface area contributed by atoms with Gasteiger partial charge in [-0.2, -0.15) is 0 Å². The molecule has 3 nitrogen and oxygen atoms in total. The van der Waals surface area contributed by atoms with Crippen molar-refractivity contribution < 1.29 is 13.7 Å². The van der Waals surface area contributed by atoms with Gasteiger partial charge in [0.05, 0.1) is 12.7 Å². The van der Waals surface area contributed by atoms with Gasteiger partial charge < -0.3 is 4.74 Å². The van der Waals surface area contributed by atoms with E-state index in [0.29, 0.717) is 5.76 Å². The molecule has 32 heavy (non-hydrogen) atoms. The summed E-state index contributed by atoms with van der Waals surface area (Å²) in [5, 5.41) is 0. The Morgan fingerprint density at radius 3 is 2.69 bits per heavy atom. The summed E-state index contributed by atoms with van der Waals surface area (Å²) in [6.07, 6.45) is 18.5. The highest BCUT2D eigenvalue weighted by Crippen LogP contribution is 2.37. The molecule has 2 unspecified atom stereocenters. The van der Waals surface area contributed by atoms with E-state index in [0.717, 1.165) is 59.6 Å². The molecule has 3 rings (SSSR count). The van der Waals surface area contributed by atoms with Crippen molar-refractivity contribution in [3.63, 3.8) is 0 Å². The summed E-state index contributed by atoms with van der Waals surface area (Å²) in [4.78, 5) is 4.96. The van der Waals surface area contributed by atoms with Gasteiger partial charge >= 0.3 is 0 Å². The topological polar surface area (TPSA) is 24.6 Å². The molecule has 0 aromatic rings. The minimum atomic E-state index is -0.161. The molecule has 3 aliphatic rings. The van der Waals surface area contributed by atoms with Gasteiger partial charge in [-0.05, 0) is 49.1 Å². The van der Waals surface area contributed by atoms with Gasteiger partial charge in [-0.1, -0.05) is 43.9 Å². The number of rotatable bonds is 7. The highest BCUT2D eigenvalue weighted by atomic mass is 19.1. The Balaban J connectivity index is 2.11. The molecule has 0 saturated heterocycles. The van der Waals surface area contributed by atoms with Crippen molar-refractivity contribution >= 4 is 12.4 Å². The number of nitrogens with zero attached hydrogens (tertiary/aromatic N) is 2. The quantitative estimate of drug-likeness (QED) is 0.321. The lowest BCUT2D eigenvalue weighted by atomic mass is 9.81. The fraction of sp³-hybridized carbons (Fsp3) is 0.357. The summed E-state index contributed by atoms with van der Waals surface area (Å²) in [5.74, 6) is 0.632. The van der Waals surface area contributed by atoms with Crippen LogP contribution in [0.1, 0.15) is 40.0 Å². The maximum atomic E-state index is 14.3. The molecule has 0 radical (unpaired) electrons. The fourth-order valence-corrected chi connectivity index (χ4v) is 4.21. The Labute approximate surface area is 191 Å².